The Morgan fingerprint density at radius 3 is 2.41 bits per heavy atom. The predicted molar refractivity (Wildman–Crippen MR) is 133 cm³/mol. The first kappa shape index (κ1) is 20.7. The second-order valence-corrected chi connectivity index (χ2v) is 9.92. The monoisotopic (exact) mass is 450 g/mol. The average molecular weight is 451 g/mol. The van der Waals surface area contributed by atoms with Crippen LogP contribution in [0.5, 0.6) is 17.4 Å². The normalized spacial score (nSPS) is 24.3. The van der Waals surface area contributed by atoms with E-state index in [1.165, 1.54) is 11.1 Å². The Kier molecular flexibility index (Phi) is 4.16. The first-order chi connectivity index (χ1) is 16.2. The van der Waals surface area contributed by atoms with Gasteiger partial charge in [0.15, 0.2) is 0 Å². The molecular formula is C29H26N2O3. The summed E-state index contributed by atoms with van der Waals surface area (Å²) in [7, 11) is 0. The zero-order valence-electron chi connectivity index (χ0n) is 19.7. The van der Waals surface area contributed by atoms with Crippen molar-refractivity contribution >= 4 is 16.8 Å². The van der Waals surface area contributed by atoms with Gasteiger partial charge in [-0.25, -0.2) is 9.98 Å². The van der Waals surface area contributed by atoms with Crippen LogP contribution in [0.1, 0.15) is 44.4 Å². The highest BCUT2D eigenvalue weighted by molar-refractivity contribution is 5.97. The number of phenolic OH excluding ortho intramolecular Hbond substituents is 1. The highest BCUT2D eigenvalue weighted by atomic mass is 16.5. The number of aromatic hydroxyl groups is 1. The van der Waals surface area contributed by atoms with Crippen molar-refractivity contribution in [1.82, 2.24) is 4.98 Å². The molecular weight excluding hydrogens is 424 g/mol. The molecule has 5 heteroatoms. The molecule has 0 spiro atoms. The van der Waals surface area contributed by atoms with Crippen molar-refractivity contribution in [2.45, 2.75) is 44.2 Å². The Balaban J connectivity index is 1.36. The maximum absolute atomic E-state index is 10.1. The van der Waals surface area contributed by atoms with Crippen molar-refractivity contribution in [2.75, 3.05) is 0 Å². The lowest BCUT2D eigenvalue weighted by molar-refractivity contribution is -0.0136. The maximum Gasteiger partial charge on any atom is 0.219 e. The van der Waals surface area contributed by atoms with Crippen LogP contribution < -0.4 is 4.74 Å². The number of pyridine rings is 1. The molecule has 0 unspecified atom stereocenters. The second-order valence-electron chi connectivity index (χ2n) is 9.92. The summed E-state index contributed by atoms with van der Waals surface area (Å²) in [4.78, 5) is 9.63. The number of hydrogen-bond donors (Lipinski definition) is 1. The van der Waals surface area contributed by atoms with Crippen molar-refractivity contribution in [3.05, 3.63) is 95.6 Å². The van der Waals surface area contributed by atoms with E-state index >= 15 is 0 Å². The van der Waals surface area contributed by atoms with Gasteiger partial charge in [-0.3, -0.25) is 0 Å². The van der Waals surface area contributed by atoms with Crippen LogP contribution in [0.4, 0.5) is 0 Å². The van der Waals surface area contributed by atoms with Gasteiger partial charge in [0.2, 0.25) is 11.8 Å². The smallest absolute Gasteiger partial charge is 0.219 e. The van der Waals surface area contributed by atoms with E-state index in [2.05, 4.69) is 56.9 Å². The van der Waals surface area contributed by atoms with Gasteiger partial charge in [-0.15, -0.1) is 0 Å². The van der Waals surface area contributed by atoms with Crippen LogP contribution in [-0.2, 0) is 15.7 Å². The summed E-state index contributed by atoms with van der Waals surface area (Å²) in [5.74, 6) is 1.77. The summed E-state index contributed by atoms with van der Waals surface area (Å²) < 4.78 is 12.7. The molecule has 1 N–H and O–H groups in total. The Bertz CT molecular complexity index is 1490. The number of ether oxygens (including phenoxy) is 2. The quantitative estimate of drug-likeness (QED) is 0.388. The third-order valence-corrected chi connectivity index (χ3v) is 7.85. The Morgan fingerprint density at radius 1 is 0.824 bits per heavy atom. The molecule has 0 radical (unpaired) electrons. The number of aliphatic imine (C=N–C) groups is 1. The van der Waals surface area contributed by atoms with Crippen LogP contribution in [0.3, 0.4) is 0 Å². The second kappa shape index (κ2) is 6.83. The van der Waals surface area contributed by atoms with Gasteiger partial charge in [-0.05, 0) is 55.3 Å². The highest BCUT2D eigenvalue weighted by Gasteiger charge is 2.67. The van der Waals surface area contributed by atoms with E-state index in [0.717, 1.165) is 10.9 Å². The number of nitrogens with zero attached hydrogens (tertiary/aromatic N) is 2. The van der Waals surface area contributed by atoms with Gasteiger partial charge < -0.3 is 14.6 Å². The minimum Gasteiger partial charge on any atom is -0.506 e. The fourth-order valence-electron chi connectivity index (χ4n) is 5.50. The van der Waals surface area contributed by atoms with Crippen LogP contribution in [-0.4, -0.2) is 21.6 Å². The molecule has 0 saturated carbocycles. The van der Waals surface area contributed by atoms with Crippen molar-refractivity contribution in [3.63, 3.8) is 0 Å². The molecule has 6 rings (SSSR count). The number of para-hydroxylation sites is 1. The third-order valence-electron chi connectivity index (χ3n) is 7.85. The van der Waals surface area contributed by atoms with E-state index in [1.54, 1.807) is 18.2 Å². The van der Waals surface area contributed by atoms with Crippen LogP contribution >= 0.6 is 0 Å². The van der Waals surface area contributed by atoms with Crippen LogP contribution in [0, 0.1) is 0 Å². The molecule has 170 valence electrons. The third kappa shape index (κ3) is 2.67. The molecule has 2 aliphatic rings. The first-order valence-corrected chi connectivity index (χ1v) is 11.5. The van der Waals surface area contributed by atoms with Gasteiger partial charge in [0.25, 0.3) is 0 Å². The molecule has 1 aliphatic heterocycles. The van der Waals surface area contributed by atoms with Gasteiger partial charge in [0, 0.05) is 22.4 Å². The summed E-state index contributed by atoms with van der Waals surface area (Å²) in [6.07, 6.45) is 0. The lowest BCUT2D eigenvalue weighted by Gasteiger charge is -2.41. The van der Waals surface area contributed by atoms with Gasteiger partial charge in [0.05, 0.1) is 0 Å². The van der Waals surface area contributed by atoms with Crippen molar-refractivity contribution in [3.8, 4) is 17.4 Å². The fraction of sp³-hybridized carbons (Fsp3) is 0.241. The van der Waals surface area contributed by atoms with E-state index in [0.29, 0.717) is 23.0 Å². The molecule has 1 aliphatic carbocycles. The SMILES string of the molecule is CC1(C)c2ccccc2[C@]2(C)N=C(c3cccc(Oc4ccc5cccc(O)c5n4)c3)O[C@]12C. The van der Waals surface area contributed by atoms with Crippen molar-refractivity contribution < 1.29 is 14.6 Å². The van der Waals surface area contributed by atoms with Gasteiger partial charge in [-0.2, -0.15) is 0 Å². The summed E-state index contributed by atoms with van der Waals surface area (Å²) in [6, 6.07) is 25.2. The summed E-state index contributed by atoms with van der Waals surface area (Å²) in [5.41, 5.74) is 2.63. The summed E-state index contributed by atoms with van der Waals surface area (Å²) >= 11 is 0. The molecule has 34 heavy (non-hydrogen) atoms. The van der Waals surface area contributed by atoms with E-state index < -0.39 is 11.1 Å². The number of rotatable bonds is 3. The van der Waals surface area contributed by atoms with E-state index in [-0.39, 0.29) is 11.2 Å². The van der Waals surface area contributed by atoms with E-state index in [4.69, 9.17) is 14.5 Å². The average Bonchev–Trinajstić information content (AvgIpc) is 3.18. The molecule has 5 nitrogen and oxygen atoms in total. The molecule has 4 aromatic rings. The van der Waals surface area contributed by atoms with Crippen LogP contribution in [0.25, 0.3) is 10.9 Å². The maximum atomic E-state index is 10.1. The number of benzene rings is 3. The van der Waals surface area contributed by atoms with Gasteiger partial charge >= 0.3 is 0 Å². The molecule has 2 heterocycles. The van der Waals surface area contributed by atoms with Gasteiger partial charge in [-0.1, -0.05) is 56.3 Å². The first-order valence-electron chi connectivity index (χ1n) is 11.5. The number of hydrogen-bond acceptors (Lipinski definition) is 5. The summed E-state index contributed by atoms with van der Waals surface area (Å²) in [6.45, 7) is 8.79. The topological polar surface area (TPSA) is 63.9 Å². The molecule has 0 fully saturated rings. The molecule has 1 aromatic heterocycles. The Labute approximate surface area is 198 Å². The largest absolute Gasteiger partial charge is 0.506 e. The number of aromatic nitrogens is 1. The lowest BCUT2D eigenvalue weighted by Crippen LogP contribution is -2.51. The van der Waals surface area contributed by atoms with Crippen molar-refractivity contribution in [1.29, 1.82) is 0 Å². The molecule has 3 aromatic carbocycles. The Morgan fingerprint density at radius 2 is 1.59 bits per heavy atom. The Hall–Kier alpha value is -3.86. The van der Waals surface area contributed by atoms with Crippen LogP contribution in [0.15, 0.2) is 83.9 Å². The zero-order chi connectivity index (χ0) is 23.7. The molecule has 0 saturated heterocycles. The minimum absolute atomic E-state index is 0.126. The predicted octanol–water partition coefficient (Wildman–Crippen LogP) is 6.47. The zero-order valence-corrected chi connectivity index (χ0v) is 19.7. The number of phenols is 1. The molecule has 0 bridgehead atoms. The molecule has 0 amide bonds. The number of fused-ring (bicyclic) bond motifs is 4. The lowest BCUT2D eigenvalue weighted by atomic mass is 9.71. The highest BCUT2D eigenvalue weighted by Crippen LogP contribution is 2.61. The van der Waals surface area contributed by atoms with Crippen molar-refractivity contribution in [2.24, 2.45) is 4.99 Å². The van der Waals surface area contributed by atoms with E-state index in [9.17, 15) is 5.11 Å². The standard InChI is InChI=1S/C29H26N2O3/c1-27(2)21-12-5-6-13-22(21)28(3)29(27,4)34-26(31-28)19-10-7-11-20(17-19)33-24-16-15-18-9-8-14-23(32)25(18)30-24/h5-17,32H,1-4H3/t28-,29+/m0/s1. The van der Waals surface area contributed by atoms with Crippen LogP contribution in [0.2, 0.25) is 0 Å². The molecule has 2 atom stereocenters. The summed E-state index contributed by atoms with van der Waals surface area (Å²) in [5, 5.41) is 11.0. The van der Waals surface area contributed by atoms with E-state index in [1.807, 2.05) is 36.4 Å². The fourth-order valence-corrected chi connectivity index (χ4v) is 5.50. The van der Waals surface area contributed by atoms with Gasteiger partial charge in [0.1, 0.15) is 28.2 Å². The minimum atomic E-state index is -0.521.